The number of hydrogen-bond acceptors (Lipinski definition) is 4. The summed E-state index contributed by atoms with van der Waals surface area (Å²) in [5.41, 5.74) is 1.16. The van der Waals surface area contributed by atoms with Gasteiger partial charge in [0.2, 0.25) is 0 Å². The van der Waals surface area contributed by atoms with Gasteiger partial charge in [0.1, 0.15) is 6.29 Å². The summed E-state index contributed by atoms with van der Waals surface area (Å²) in [6.45, 7) is 7.70. The molecule has 1 fully saturated rings. The van der Waals surface area contributed by atoms with Crippen LogP contribution in [0.1, 0.15) is 43.6 Å². The Morgan fingerprint density at radius 1 is 1.19 bits per heavy atom. The Labute approximate surface area is 125 Å². The van der Waals surface area contributed by atoms with Gasteiger partial charge in [0.05, 0.1) is 17.8 Å². The molecule has 0 bridgehead atoms. The van der Waals surface area contributed by atoms with Gasteiger partial charge in [0.15, 0.2) is 0 Å². The third-order valence-corrected chi connectivity index (χ3v) is 4.14. The van der Waals surface area contributed by atoms with Crippen molar-refractivity contribution in [2.45, 2.75) is 38.9 Å². The molecule has 1 saturated heterocycles. The Hall–Kier alpha value is -1.43. The van der Waals surface area contributed by atoms with Gasteiger partial charge in [0, 0.05) is 5.56 Å². The smallest absolute Gasteiger partial charge is 0.400 e. The molecule has 5 heteroatoms. The summed E-state index contributed by atoms with van der Waals surface area (Å²) < 4.78 is 11.9. The van der Waals surface area contributed by atoms with E-state index in [0.717, 1.165) is 11.8 Å². The number of hydrogen-bond donors (Lipinski definition) is 1. The summed E-state index contributed by atoms with van der Waals surface area (Å²) in [5.74, 6) is 0. The fourth-order valence-electron chi connectivity index (χ4n) is 2.12. The molecule has 0 aliphatic carbocycles. The van der Waals surface area contributed by atoms with E-state index in [4.69, 9.17) is 9.31 Å². The first-order valence-corrected chi connectivity index (χ1v) is 7.01. The normalized spacial score (nSPS) is 20.6. The fourth-order valence-corrected chi connectivity index (χ4v) is 2.12. The Bertz CT molecular complexity index is 547. The van der Waals surface area contributed by atoms with Crippen molar-refractivity contribution in [3.8, 4) is 0 Å². The van der Waals surface area contributed by atoms with Crippen LogP contribution in [0.2, 0.25) is 0 Å². The van der Waals surface area contributed by atoms with Crippen LogP contribution < -0.4 is 0 Å². The molecule has 2 rings (SSSR count). The second kappa shape index (κ2) is 5.75. The third kappa shape index (κ3) is 3.26. The van der Waals surface area contributed by atoms with Gasteiger partial charge in [-0.25, -0.2) is 0 Å². The minimum Gasteiger partial charge on any atom is -0.400 e. The summed E-state index contributed by atoms with van der Waals surface area (Å²) >= 11 is 0. The molecule has 1 aliphatic rings. The lowest BCUT2D eigenvalue weighted by Crippen LogP contribution is -2.41. The van der Waals surface area contributed by atoms with E-state index < -0.39 is 18.3 Å². The SMILES string of the molecule is CC1(C)OB(C(=Cc2cccc(C=O)c2)CO)OC1(C)C. The van der Waals surface area contributed by atoms with Crippen molar-refractivity contribution in [1.82, 2.24) is 0 Å². The molecule has 1 N–H and O–H groups in total. The molecule has 0 saturated carbocycles. The van der Waals surface area contributed by atoms with Crippen molar-refractivity contribution in [3.63, 3.8) is 0 Å². The zero-order valence-corrected chi connectivity index (χ0v) is 12.9. The molecule has 1 aromatic carbocycles. The van der Waals surface area contributed by atoms with Crippen LogP contribution in [-0.4, -0.2) is 36.3 Å². The maximum atomic E-state index is 10.8. The van der Waals surface area contributed by atoms with Crippen molar-refractivity contribution in [1.29, 1.82) is 0 Å². The van der Waals surface area contributed by atoms with E-state index >= 15 is 0 Å². The van der Waals surface area contributed by atoms with E-state index in [1.807, 2.05) is 33.8 Å². The van der Waals surface area contributed by atoms with Crippen molar-refractivity contribution < 1.29 is 19.2 Å². The largest absolute Gasteiger partial charge is 0.492 e. The molecule has 0 amide bonds. The molecule has 21 heavy (non-hydrogen) atoms. The number of aliphatic hydroxyl groups excluding tert-OH is 1. The standard InChI is InChI=1S/C16H21BO4/c1-15(2)16(3,4)21-17(20-15)14(11-19)9-12-6-5-7-13(8-12)10-18/h5-10,19H,11H2,1-4H3. The predicted molar refractivity (Wildman–Crippen MR) is 83.0 cm³/mol. The second-order valence-corrected chi connectivity index (χ2v) is 6.25. The van der Waals surface area contributed by atoms with E-state index in [1.165, 1.54) is 0 Å². The van der Waals surface area contributed by atoms with Crippen LogP contribution in [0.15, 0.2) is 29.7 Å². The van der Waals surface area contributed by atoms with Gasteiger partial charge >= 0.3 is 7.12 Å². The molecule has 4 nitrogen and oxygen atoms in total. The number of benzene rings is 1. The molecule has 1 aliphatic heterocycles. The molecule has 112 valence electrons. The second-order valence-electron chi connectivity index (χ2n) is 6.25. The molecule has 0 aromatic heterocycles. The molecule has 0 unspecified atom stereocenters. The van der Waals surface area contributed by atoms with Crippen LogP contribution in [-0.2, 0) is 9.31 Å². The highest BCUT2D eigenvalue weighted by atomic mass is 16.7. The van der Waals surface area contributed by atoms with Gasteiger partial charge in [-0.1, -0.05) is 24.3 Å². The van der Waals surface area contributed by atoms with E-state index in [2.05, 4.69) is 0 Å². The zero-order chi connectivity index (χ0) is 15.7. The Morgan fingerprint density at radius 2 is 1.76 bits per heavy atom. The van der Waals surface area contributed by atoms with Crippen LogP contribution in [0.3, 0.4) is 0 Å². The van der Waals surface area contributed by atoms with Gasteiger partial charge in [-0.05, 0) is 44.8 Å². The molecule has 1 heterocycles. The maximum absolute atomic E-state index is 10.8. The van der Waals surface area contributed by atoms with Crippen LogP contribution in [0.5, 0.6) is 0 Å². The Morgan fingerprint density at radius 3 is 2.29 bits per heavy atom. The number of carbonyl (C=O) groups excluding carboxylic acids is 1. The maximum Gasteiger partial charge on any atom is 0.492 e. The van der Waals surface area contributed by atoms with Gasteiger partial charge < -0.3 is 14.4 Å². The highest BCUT2D eigenvalue weighted by Crippen LogP contribution is 2.38. The van der Waals surface area contributed by atoms with Crippen LogP contribution in [0, 0.1) is 0 Å². The van der Waals surface area contributed by atoms with Crippen LogP contribution in [0.4, 0.5) is 0 Å². The molecule has 1 aromatic rings. The van der Waals surface area contributed by atoms with E-state index in [0.29, 0.717) is 11.0 Å². The summed E-state index contributed by atoms with van der Waals surface area (Å²) in [4.78, 5) is 10.8. The Balaban J connectivity index is 2.28. The number of rotatable bonds is 4. The highest BCUT2D eigenvalue weighted by Gasteiger charge is 2.52. The monoisotopic (exact) mass is 288 g/mol. The van der Waals surface area contributed by atoms with Crippen LogP contribution >= 0.6 is 0 Å². The first-order chi connectivity index (χ1) is 9.79. The summed E-state index contributed by atoms with van der Waals surface area (Å²) in [5, 5.41) is 9.62. The summed E-state index contributed by atoms with van der Waals surface area (Å²) in [6, 6.07) is 7.16. The lowest BCUT2D eigenvalue weighted by molar-refractivity contribution is 0.00578. The molecule has 0 atom stereocenters. The van der Waals surface area contributed by atoms with Crippen molar-refractivity contribution in [3.05, 3.63) is 40.9 Å². The van der Waals surface area contributed by atoms with Gasteiger partial charge in [0.25, 0.3) is 0 Å². The van der Waals surface area contributed by atoms with Gasteiger partial charge in [-0.2, -0.15) is 0 Å². The van der Waals surface area contributed by atoms with Crippen molar-refractivity contribution in [2.75, 3.05) is 6.61 Å². The lowest BCUT2D eigenvalue weighted by atomic mass is 9.77. The van der Waals surface area contributed by atoms with E-state index in [1.54, 1.807) is 24.3 Å². The number of aliphatic hydroxyl groups is 1. The number of aldehydes is 1. The Kier molecular flexibility index (Phi) is 4.37. The van der Waals surface area contributed by atoms with Gasteiger partial charge in [-0.3, -0.25) is 4.79 Å². The molecule has 0 radical (unpaired) electrons. The van der Waals surface area contributed by atoms with E-state index in [9.17, 15) is 9.90 Å². The average molecular weight is 288 g/mol. The van der Waals surface area contributed by atoms with Crippen molar-refractivity contribution >= 4 is 19.5 Å². The predicted octanol–water partition coefficient (Wildman–Crippen LogP) is 2.51. The van der Waals surface area contributed by atoms with Crippen LogP contribution in [0.25, 0.3) is 6.08 Å². The van der Waals surface area contributed by atoms with Gasteiger partial charge in [-0.15, -0.1) is 0 Å². The topological polar surface area (TPSA) is 55.8 Å². The summed E-state index contributed by atoms with van der Waals surface area (Å²) in [7, 11) is -0.583. The average Bonchev–Trinajstić information content (AvgIpc) is 2.65. The quantitative estimate of drug-likeness (QED) is 0.683. The third-order valence-electron chi connectivity index (χ3n) is 4.14. The lowest BCUT2D eigenvalue weighted by Gasteiger charge is -2.32. The first-order valence-electron chi connectivity index (χ1n) is 7.01. The zero-order valence-electron chi connectivity index (χ0n) is 12.9. The molecule has 0 spiro atoms. The summed E-state index contributed by atoms with van der Waals surface area (Å²) in [6.07, 6.45) is 2.60. The molecular weight excluding hydrogens is 267 g/mol. The minimum absolute atomic E-state index is 0.165. The number of carbonyl (C=O) groups is 1. The fraction of sp³-hybridized carbons (Fsp3) is 0.438. The highest BCUT2D eigenvalue weighted by molar-refractivity contribution is 6.55. The van der Waals surface area contributed by atoms with Crippen molar-refractivity contribution in [2.24, 2.45) is 0 Å². The first kappa shape index (κ1) is 16.0. The molecular formula is C16H21BO4. The minimum atomic E-state index is -0.583. The van der Waals surface area contributed by atoms with E-state index in [-0.39, 0.29) is 6.61 Å².